The van der Waals surface area contributed by atoms with Gasteiger partial charge in [-0.2, -0.15) is 8.42 Å². The second kappa shape index (κ2) is 45.7. The van der Waals surface area contributed by atoms with Gasteiger partial charge in [-0.15, -0.1) is 0 Å². The minimum absolute atomic E-state index is 0.0130. The lowest BCUT2D eigenvalue weighted by molar-refractivity contribution is -0.231. The summed E-state index contributed by atoms with van der Waals surface area (Å²) in [5.41, 5.74) is -3.83. The van der Waals surface area contributed by atoms with Gasteiger partial charge in [-0.25, -0.2) is 26.8 Å². The molecule has 7 unspecified atom stereocenters. The number of rotatable bonds is 29. The second-order valence-corrected chi connectivity index (χ2v) is 48.2. The van der Waals surface area contributed by atoms with Gasteiger partial charge in [0.25, 0.3) is 16.0 Å². The Bertz CT molecular complexity index is 4640. The average Bonchev–Trinajstić information content (AvgIpc) is 1.48. The van der Waals surface area contributed by atoms with E-state index in [0.29, 0.717) is 75.0 Å². The number of benzene rings is 6. The highest BCUT2D eigenvalue weighted by Crippen LogP contribution is 2.63. The van der Waals surface area contributed by atoms with Gasteiger partial charge in [-0.1, -0.05) is 158 Å². The van der Waals surface area contributed by atoms with E-state index in [0.717, 1.165) is 50.4 Å². The molecule has 7 atom stereocenters. The molecule has 0 spiro atoms. The Morgan fingerprint density at radius 2 is 0.795 bits per heavy atom. The van der Waals surface area contributed by atoms with Crippen LogP contribution in [0.4, 0.5) is 8.78 Å². The van der Waals surface area contributed by atoms with Gasteiger partial charge >= 0.3 is 41.8 Å². The Morgan fingerprint density at radius 3 is 1.13 bits per heavy atom. The van der Waals surface area contributed by atoms with Crippen molar-refractivity contribution in [2.24, 2.45) is 80.3 Å². The largest absolute Gasteiger partial charge is 0.748 e. The zero-order chi connectivity index (χ0) is 97.2. The van der Waals surface area contributed by atoms with Gasteiger partial charge in [-0.3, -0.25) is 28.2 Å². The van der Waals surface area contributed by atoms with E-state index < -0.39 is 126 Å². The summed E-state index contributed by atoms with van der Waals surface area (Å²) >= 11 is 0. The van der Waals surface area contributed by atoms with E-state index in [4.69, 9.17) is 23.1 Å². The number of hydrogen-bond donors (Lipinski definition) is 1. The molecule has 21 nitrogen and oxygen atoms in total. The second-order valence-electron chi connectivity index (χ2n) is 40.9. The number of hydrogen-bond acceptors (Lipinski definition) is 21. The maximum atomic E-state index is 12.8. The standard InChI is InChI=1S/C19H32O2.2C18H15S.C16H26O3.C15H22O7S.C11H18F2O4.C8H16O5S/c1-6-18(4,5)17(20)21-19(12(2)3)15-8-13-7-14(10-15)11-16(19)9-13;2*1-4-10-16(11-5-1)19(17-12-6-2-7-13-17)18-14-8-3-9-15-18;1-4-14(2,3)13(17)19-16-8-11-5-12(9-16)7-15(18,6-11)10-16;1-4-15(2,3)14(17)20-7-11(16)21-12-8-5-9-10(6-8)23(18,19)22-13(9)12;1-5-10(2,3)9(15)16-6-8(14)17-7-11(4,12)13;1-4-8(2,3)7(9)13-5-6-14(10,11)12/h12-16H,6-11H2,1-5H3;2*1-15H;11-12,18H,4-10H2,1-3H3;8-10,12-13H,4-7H2,1-3H3;5-7H2,1-4H3;4-6H2,1-3H3,(H,10,11,12)/q;2*+1;;;;/p-1. The van der Waals surface area contributed by atoms with Crippen molar-refractivity contribution in [3.8, 4) is 0 Å². The van der Waals surface area contributed by atoms with Gasteiger partial charge in [0, 0.05) is 25.2 Å². The van der Waals surface area contributed by atoms with Gasteiger partial charge in [0.05, 0.1) is 75.6 Å². The molecule has 6 aromatic rings. The molecular weight excluding hydrogens is 1760 g/mol. The molecule has 1 aliphatic heterocycles. The first kappa shape index (κ1) is 108. The Balaban J connectivity index is 0.000000174. The van der Waals surface area contributed by atoms with Crippen LogP contribution in [0.25, 0.3) is 0 Å². The van der Waals surface area contributed by atoms with Crippen molar-refractivity contribution in [2.75, 3.05) is 32.2 Å². The highest BCUT2D eigenvalue weighted by molar-refractivity contribution is 7.97. The quantitative estimate of drug-likeness (QED) is 0.0150. The lowest BCUT2D eigenvalue weighted by Gasteiger charge is -2.62. The molecule has 0 amide bonds. The molecule has 726 valence electrons. The fraction of sp³-hybridized carbons (Fsp3) is 0.590. The van der Waals surface area contributed by atoms with Crippen LogP contribution in [0.15, 0.2) is 211 Å². The van der Waals surface area contributed by atoms with Crippen molar-refractivity contribution in [3.63, 3.8) is 0 Å². The lowest BCUT2D eigenvalue weighted by atomic mass is 9.47. The third-order valence-electron chi connectivity index (χ3n) is 28.3. The number of fused-ring (bicyclic) bond motifs is 1. The van der Waals surface area contributed by atoms with Crippen LogP contribution in [0.5, 0.6) is 0 Å². The van der Waals surface area contributed by atoms with E-state index in [1.807, 2.05) is 48.5 Å². The first-order chi connectivity index (χ1) is 61.9. The first-order valence-electron chi connectivity index (χ1n) is 47.0. The van der Waals surface area contributed by atoms with Crippen LogP contribution in [0.3, 0.4) is 0 Å². The molecule has 17 rings (SSSR count). The molecule has 11 aliphatic rings. The number of carbonyl (C=O) groups excluding carboxylic acids is 7. The fourth-order valence-corrected chi connectivity index (χ4v) is 25.8. The van der Waals surface area contributed by atoms with Crippen LogP contribution in [0.2, 0.25) is 0 Å². The van der Waals surface area contributed by atoms with Crippen LogP contribution in [0.1, 0.15) is 240 Å². The van der Waals surface area contributed by atoms with Crippen LogP contribution in [0, 0.1) is 80.3 Å². The summed E-state index contributed by atoms with van der Waals surface area (Å²) in [4.78, 5) is 90.8. The number of aliphatic hydroxyl groups is 1. The molecule has 1 N–H and O–H groups in total. The number of alkyl halides is 2. The minimum Gasteiger partial charge on any atom is -0.748 e. The molecule has 132 heavy (non-hydrogen) atoms. The van der Waals surface area contributed by atoms with Gasteiger partial charge < -0.3 is 42.8 Å². The highest BCUT2D eigenvalue weighted by atomic mass is 32.2. The van der Waals surface area contributed by atoms with Crippen LogP contribution in [-0.2, 0) is 113 Å². The Kier molecular flexibility index (Phi) is 37.3. The van der Waals surface area contributed by atoms with Gasteiger partial charge in [0.15, 0.2) is 49.2 Å². The third kappa shape index (κ3) is 28.8. The number of carbonyl (C=O) groups is 7. The third-order valence-corrected chi connectivity index (χ3v) is 35.2. The van der Waals surface area contributed by atoms with E-state index in [9.17, 15) is 68.8 Å². The van der Waals surface area contributed by atoms with Crippen LogP contribution in [-0.4, -0.2) is 141 Å². The zero-order valence-electron chi connectivity index (χ0n) is 80.5. The molecule has 10 aliphatic carbocycles. The minimum atomic E-state index is -4.30. The molecule has 1 saturated heterocycles. The van der Waals surface area contributed by atoms with E-state index in [1.165, 1.54) is 67.9 Å². The van der Waals surface area contributed by atoms with Gasteiger partial charge in [0.2, 0.25) is 0 Å². The van der Waals surface area contributed by atoms with Crippen molar-refractivity contribution in [2.45, 2.75) is 310 Å². The summed E-state index contributed by atoms with van der Waals surface area (Å²) in [5, 5.41) is 10.2. The summed E-state index contributed by atoms with van der Waals surface area (Å²) in [6.45, 7) is 30.5. The fourth-order valence-electron chi connectivity index (χ4n) is 19.5. The predicted octanol–water partition coefficient (Wildman–Crippen LogP) is 21.1. The van der Waals surface area contributed by atoms with Crippen LogP contribution < -0.4 is 0 Å². The molecular formula is C105H143F2O21S4+. The van der Waals surface area contributed by atoms with E-state index >= 15 is 0 Å². The van der Waals surface area contributed by atoms with E-state index in [1.54, 1.807) is 48.5 Å². The molecule has 0 aromatic heterocycles. The SMILES string of the molecule is CCC(C)(C)C(=O)OC1(C(C)C)C2CC3CC(C2)CC1C3.CCC(C)(C)C(=O)OC12CC3CC(CC(O)(C3)C1)C2.CCC(C)(C)C(=O)OCC(=O)OC1C2CC3C1OS(=O)(=O)C3C2.CCC(C)(C)C(=O)OCC(=O)OCC(C)(F)F.CCC(C)(C)C(=O)OCCS(=O)(=O)[O-].c1ccc([S+](c2ccccc2)c2ccccc2)cc1.c1ccc([S+](c2ccccc2)c2ccccc2)cc1. The van der Waals surface area contributed by atoms with Crippen molar-refractivity contribution in [3.05, 3.63) is 182 Å². The summed E-state index contributed by atoms with van der Waals surface area (Å²) in [6.07, 6.45) is 15.7. The van der Waals surface area contributed by atoms with E-state index in [-0.39, 0.29) is 68.8 Å². The number of esters is 7. The predicted molar refractivity (Wildman–Crippen MR) is 505 cm³/mol. The van der Waals surface area contributed by atoms with Crippen molar-refractivity contribution >= 4 is 83.8 Å². The molecule has 6 aromatic carbocycles. The van der Waals surface area contributed by atoms with Gasteiger partial charge in [-0.05, 0) is 293 Å². The molecule has 10 saturated carbocycles. The first-order valence-corrected chi connectivity index (χ1v) is 52.5. The summed E-state index contributed by atoms with van der Waals surface area (Å²) < 4.78 is 120. The summed E-state index contributed by atoms with van der Waals surface area (Å²) in [5.74, 6) is -2.38. The van der Waals surface area contributed by atoms with Crippen LogP contribution >= 0.6 is 0 Å². The molecule has 10 bridgehead atoms. The highest BCUT2D eigenvalue weighted by Gasteiger charge is 2.66. The lowest BCUT2D eigenvalue weighted by Crippen LogP contribution is -2.63. The Labute approximate surface area is 789 Å². The normalized spacial score (nSPS) is 25.4. The Hall–Kier alpha value is -8.05. The topological polar surface area (TPSA) is 305 Å². The summed E-state index contributed by atoms with van der Waals surface area (Å²) in [6, 6.07) is 64.3. The summed E-state index contributed by atoms with van der Waals surface area (Å²) in [7, 11) is -7.85. The molecule has 1 heterocycles. The maximum Gasteiger partial charge on any atom is 0.344 e. The smallest absolute Gasteiger partial charge is 0.344 e. The molecule has 11 fully saturated rings. The monoisotopic (exact) mass is 1910 g/mol. The van der Waals surface area contributed by atoms with Gasteiger partial charge in [0.1, 0.15) is 30.0 Å². The molecule has 0 radical (unpaired) electrons. The number of halogens is 2. The number of ether oxygens (including phenoxy) is 7. The van der Waals surface area contributed by atoms with Crippen molar-refractivity contribution in [1.82, 2.24) is 0 Å². The maximum absolute atomic E-state index is 12.8. The average molecular weight is 1910 g/mol. The Morgan fingerprint density at radius 1 is 0.462 bits per heavy atom. The van der Waals surface area contributed by atoms with Crippen molar-refractivity contribution in [1.29, 1.82) is 0 Å². The zero-order valence-corrected chi connectivity index (χ0v) is 83.8. The van der Waals surface area contributed by atoms with E-state index in [2.05, 4.69) is 217 Å². The molecule has 27 heteroatoms. The van der Waals surface area contributed by atoms with Crippen molar-refractivity contribution < 1.29 is 106 Å².